The van der Waals surface area contributed by atoms with Gasteiger partial charge in [0.1, 0.15) is 17.8 Å². The Kier molecular flexibility index (Phi) is 3.62. The molecule has 24 heavy (non-hydrogen) atoms. The number of hydrogen-bond acceptors (Lipinski definition) is 5. The maximum absolute atomic E-state index is 11.5. The molecule has 1 amide bonds. The maximum atomic E-state index is 11.5. The average molecular weight is 323 g/mol. The van der Waals surface area contributed by atoms with Crippen molar-refractivity contribution in [3.8, 4) is 11.1 Å². The van der Waals surface area contributed by atoms with Crippen molar-refractivity contribution in [1.82, 2.24) is 15.0 Å². The van der Waals surface area contributed by atoms with Gasteiger partial charge in [0.2, 0.25) is 5.91 Å². The monoisotopic (exact) mass is 323 g/mol. The van der Waals surface area contributed by atoms with E-state index in [1.54, 1.807) is 18.5 Å². The number of primary amides is 1. The Balaban J connectivity index is 1.87. The van der Waals surface area contributed by atoms with Crippen LogP contribution in [0, 0.1) is 0 Å². The average Bonchev–Trinajstić information content (AvgIpc) is 3.07. The van der Waals surface area contributed by atoms with Crippen LogP contribution in [0.15, 0.2) is 36.8 Å². The number of carbonyl (C=O) groups is 1. The topological polar surface area (TPSA) is 97.1 Å². The molecule has 0 unspecified atom stereocenters. The number of anilines is 1. The number of nitrogens with one attached hydrogen (secondary N) is 1. The Morgan fingerprint density at radius 2 is 2.08 bits per heavy atom. The molecular formula is C17H17N5O2. The van der Waals surface area contributed by atoms with Crippen LogP contribution in [0.5, 0.6) is 0 Å². The second kappa shape index (κ2) is 5.93. The van der Waals surface area contributed by atoms with Crippen molar-refractivity contribution in [2.75, 3.05) is 31.2 Å². The summed E-state index contributed by atoms with van der Waals surface area (Å²) in [5.74, 6) is 0.436. The molecule has 0 bridgehead atoms. The van der Waals surface area contributed by atoms with Crippen LogP contribution in [-0.4, -0.2) is 47.2 Å². The van der Waals surface area contributed by atoms with Gasteiger partial charge in [-0.05, 0) is 17.7 Å². The first-order valence-corrected chi connectivity index (χ1v) is 7.79. The summed E-state index contributed by atoms with van der Waals surface area (Å²) in [7, 11) is 0. The number of nitrogens with zero attached hydrogens (tertiary/aromatic N) is 3. The highest BCUT2D eigenvalue weighted by atomic mass is 16.5. The van der Waals surface area contributed by atoms with Gasteiger partial charge in [-0.3, -0.25) is 4.79 Å². The molecule has 1 saturated heterocycles. The van der Waals surface area contributed by atoms with Gasteiger partial charge in [0.15, 0.2) is 0 Å². The second-order valence-electron chi connectivity index (χ2n) is 5.67. The molecular weight excluding hydrogens is 306 g/mol. The zero-order chi connectivity index (χ0) is 16.5. The minimum atomic E-state index is -0.443. The lowest BCUT2D eigenvalue weighted by atomic mass is 10.0. The molecule has 3 N–H and O–H groups in total. The van der Waals surface area contributed by atoms with E-state index in [2.05, 4.69) is 19.9 Å². The summed E-state index contributed by atoms with van der Waals surface area (Å²) >= 11 is 0. The molecule has 3 aromatic rings. The van der Waals surface area contributed by atoms with Crippen LogP contribution in [0.3, 0.4) is 0 Å². The number of fused-ring (bicyclic) bond motifs is 1. The van der Waals surface area contributed by atoms with Gasteiger partial charge < -0.3 is 20.4 Å². The molecule has 0 aliphatic carbocycles. The predicted molar refractivity (Wildman–Crippen MR) is 90.9 cm³/mol. The summed E-state index contributed by atoms with van der Waals surface area (Å²) in [4.78, 5) is 25.7. The number of H-pyrrole nitrogens is 1. The predicted octanol–water partition coefficient (Wildman–Crippen LogP) is 1.56. The lowest BCUT2D eigenvalue weighted by Gasteiger charge is -2.28. The van der Waals surface area contributed by atoms with Crippen molar-refractivity contribution >= 4 is 22.8 Å². The Bertz CT molecular complexity index is 899. The minimum absolute atomic E-state index is 0.443. The lowest BCUT2D eigenvalue weighted by molar-refractivity contribution is 0.100. The molecule has 4 rings (SSSR count). The number of aromatic nitrogens is 3. The van der Waals surface area contributed by atoms with E-state index in [1.165, 1.54) is 0 Å². The second-order valence-corrected chi connectivity index (χ2v) is 5.67. The Labute approximate surface area is 138 Å². The van der Waals surface area contributed by atoms with E-state index < -0.39 is 5.91 Å². The molecule has 1 aliphatic rings. The van der Waals surface area contributed by atoms with Crippen LogP contribution in [0.4, 0.5) is 5.82 Å². The van der Waals surface area contributed by atoms with E-state index in [1.807, 2.05) is 18.3 Å². The summed E-state index contributed by atoms with van der Waals surface area (Å²) in [5.41, 5.74) is 8.51. The van der Waals surface area contributed by atoms with E-state index in [9.17, 15) is 4.79 Å². The van der Waals surface area contributed by atoms with E-state index in [0.29, 0.717) is 18.8 Å². The van der Waals surface area contributed by atoms with Crippen molar-refractivity contribution in [2.24, 2.45) is 5.73 Å². The van der Waals surface area contributed by atoms with Crippen LogP contribution >= 0.6 is 0 Å². The third-order valence-electron chi connectivity index (χ3n) is 4.22. The van der Waals surface area contributed by atoms with E-state index in [4.69, 9.17) is 10.5 Å². The first-order chi connectivity index (χ1) is 11.7. The largest absolute Gasteiger partial charge is 0.378 e. The highest BCUT2D eigenvalue weighted by Crippen LogP contribution is 2.34. The van der Waals surface area contributed by atoms with Crippen molar-refractivity contribution in [1.29, 1.82) is 0 Å². The molecule has 1 fully saturated rings. The fraction of sp³-hybridized carbons (Fsp3) is 0.235. The third kappa shape index (κ3) is 2.48. The number of aromatic amines is 1. The van der Waals surface area contributed by atoms with Gasteiger partial charge in [-0.2, -0.15) is 0 Å². The number of hydrogen-bond donors (Lipinski definition) is 2. The number of amides is 1. The molecule has 7 heteroatoms. The smallest absolute Gasteiger partial charge is 0.248 e. The van der Waals surface area contributed by atoms with E-state index in [0.717, 1.165) is 41.1 Å². The summed E-state index contributed by atoms with van der Waals surface area (Å²) in [6, 6.07) is 7.28. The molecule has 0 radical (unpaired) electrons. The van der Waals surface area contributed by atoms with E-state index in [-0.39, 0.29) is 0 Å². The van der Waals surface area contributed by atoms with Crippen LogP contribution in [0.2, 0.25) is 0 Å². The van der Waals surface area contributed by atoms with Crippen molar-refractivity contribution in [3.63, 3.8) is 0 Å². The van der Waals surface area contributed by atoms with Gasteiger partial charge in [0.25, 0.3) is 0 Å². The molecule has 0 atom stereocenters. The Hall–Kier alpha value is -2.93. The van der Waals surface area contributed by atoms with Crippen LogP contribution < -0.4 is 10.6 Å². The normalized spacial score (nSPS) is 14.9. The van der Waals surface area contributed by atoms with Crippen molar-refractivity contribution in [2.45, 2.75) is 0 Å². The number of nitrogens with two attached hydrogens (primary N) is 1. The van der Waals surface area contributed by atoms with Crippen LogP contribution in [-0.2, 0) is 4.74 Å². The Morgan fingerprint density at radius 3 is 2.88 bits per heavy atom. The molecule has 0 spiro atoms. The number of morpholine rings is 1. The van der Waals surface area contributed by atoms with Gasteiger partial charge in [-0.1, -0.05) is 12.1 Å². The minimum Gasteiger partial charge on any atom is -0.378 e. The SMILES string of the molecule is NC(=O)c1cccc(-c2c[nH]c3ncnc(N4CCOCC4)c23)c1. The van der Waals surface area contributed by atoms with Crippen molar-refractivity contribution < 1.29 is 9.53 Å². The highest BCUT2D eigenvalue weighted by Gasteiger charge is 2.19. The summed E-state index contributed by atoms with van der Waals surface area (Å²) < 4.78 is 5.43. The van der Waals surface area contributed by atoms with Crippen molar-refractivity contribution in [3.05, 3.63) is 42.4 Å². The molecule has 122 valence electrons. The van der Waals surface area contributed by atoms with Gasteiger partial charge in [0, 0.05) is 30.4 Å². The molecule has 1 aromatic carbocycles. The van der Waals surface area contributed by atoms with E-state index >= 15 is 0 Å². The zero-order valence-corrected chi connectivity index (χ0v) is 13.0. The number of ether oxygens (including phenoxy) is 1. The summed E-state index contributed by atoms with van der Waals surface area (Å²) in [6.45, 7) is 2.95. The van der Waals surface area contributed by atoms with Crippen LogP contribution in [0.1, 0.15) is 10.4 Å². The molecule has 2 aromatic heterocycles. The van der Waals surface area contributed by atoms with Gasteiger partial charge in [0.05, 0.1) is 18.6 Å². The Morgan fingerprint density at radius 1 is 1.25 bits per heavy atom. The molecule has 7 nitrogen and oxygen atoms in total. The maximum Gasteiger partial charge on any atom is 0.248 e. The van der Waals surface area contributed by atoms with Gasteiger partial charge in [-0.15, -0.1) is 0 Å². The summed E-state index contributed by atoms with van der Waals surface area (Å²) in [6.07, 6.45) is 3.46. The van der Waals surface area contributed by atoms with Gasteiger partial charge in [-0.25, -0.2) is 9.97 Å². The summed E-state index contributed by atoms with van der Waals surface area (Å²) in [5, 5.41) is 0.945. The molecule has 0 saturated carbocycles. The quantitative estimate of drug-likeness (QED) is 0.762. The van der Waals surface area contributed by atoms with Gasteiger partial charge >= 0.3 is 0 Å². The first-order valence-electron chi connectivity index (χ1n) is 7.79. The lowest BCUT2D eigenvalue weighted by Crippen LogP contribution is -2.36. The first kappa shape index (κ1) is 14.6. The fourth-order valence-electron chi connectivity index (χ4n) is 3.03. The number of rotatable bonds is 3. The number of benzene rings is 1. The zero-order valence-electron chi connectivity index (χ0n) is 13.0. The third-order valence-corrected chi connectivity index (χ3v) is 4.22. The molecule has 1 aliphatic heterocycles. The number of carbonyl (C=O) groups excluding carboxylic acids is 1. The van der Waals surface area contributed by atoms with Crippen LogP contribution in [0.25, 0.3) is 22.2 Å². The molecule has 3 heterocycles. The fourth-order valence-corrected chi connectivity index (χ4v) is 3.03. The standard InChI is InChI=1S/C17H17N5O2/c18-15(23)12-3-1-2-11(8-12)13-9-19-16-14(13)17(21-10-20-16)22-4-6-24-7-5-22/h1-3,8-10H,4-7H2,(H2,18,23)(H,19,20,21). The highest BCUT2D eigenvalue weighted by molar-refractivity contribution is 6.02.